The van der Waals surface area contributed by atoms with E-state index in [0.717, 1.165) is 5.52 Å². The van der Waals surface area contributed by atoms with Crippen LogP contribution in [0.3, 0.4) is 0 Å². The van der Waals surface area contributed by atoms with Gasteiger partial charge < -0.3 is 10.1 Å². The maximum atomic E-state index is 12.5. The van der Waals surface area contributed by atoms with Crippen LogP contribution in [0, 0.1) is 0 Å². The summed E-state index contributed by atoms with van der Waals surface area (Å²) in [7, 11) is 0. The highest BCUT2D eigenvalue weighted by Crippen LogP contribution is 2.21. The molecule has 0 spiro atoms. The Morgan fingerprint density at radius 2 is 1.80 bits per heavy atom. The third kappa shape index (κ3) is 1.85. The molecule has 20 heavy (non-hydrogen) atoms. The fourth-order valence-corrected chi connectivity index (χ4v) is 2.16. The summed E-state index contributed by atoms with van der Waals surface area (Å²) in [6.45, 7) is 0. The molecule has 2 N–H and O–H groups in total. The van der Waals surface area contributed by atoms with Crippen LogP contribution < -0.4 is 0 Å². The number of benzene rings is 1. The van der Waals surface area contributed by atoms with Gasteiger partial charge in [0, 0.05) is 40.6 Å². The number of aromatic amines is 1. The second-order valence-electron chi connectivity index (χ2n) is 4.30. The van der Waals surface area contributed by atoms with Crippen LogP contribution in [0.2, 0.25) is 0 Å². The number of carbonyl (C=O) groups is 2. The zero-order valence-electron chi connectivity index (χ0n) is 10.3. The van der Waals surface area contributed by atoms with Gasteiger partial charge in [-0.25, -0.2) is 4.79 Å². The van der Waals surface area contributed by atoms with Gasteiger partial charge in [0.25, 0.3) is 0 Å². The number of ketones is 1. The number of fused-ring (bicyclic) bond motifs is 1. The van der Waals surface area contributed by atoms with Gasteiger partial charge in [-0.05, 0) is 12.1 Å². The van der Waals surface area contributed by atoms with E-state index in [1.807, 2.05) is 0 Å². The van der Waals surface area contributed by atoms with Gasteiger partial charge in [0.2, 0.25) is 0 Å². The van der Waals surface area contributed by atoms with Crippen LogP contribution >= 0.6 is 0 Å². The number of aromatic nitrogens is 2. The molecule has 0 saturated carbocycles. The molecule has 3 rings (SSSR count). The van der Waals surface area contributed by atoms with Crippen LogP contribution in [0.25, 0.3) is 10.9 Å². The number of hydrogen-bond acceptors (Lipinski definition) is 3. The smallest absolute Gasteiger partial charge is 0.336 e. The predicted octanol–water partition coefficient (Wildman–Crippen LogP) is 2.49. The number of nitrogens with one attached hydrogen (secondary N) is 1. The van der Waals surface area contributed by atoms with E-state index in [4.69, 9.17) is 5.11 Å². The molecule has 0 atom stereocenters. The molecule has 0 amide bonds. The van der Waals surface area contributed by atoms with Crippen molar-refractivity contribution in [1.29, 1.82) is 0 Å². The van der Waals surface area contributed by atoms with Crippen LogP contribution in [0.1, 0.15) is 26.3 Å². The number of carbonyl (C=O) groups excluding carboxylic acids is 1. The monoisotopic (exact) mass is 266 g/mol. The first kappa shape index (κ1) is 12.1. The van der Waals surface area contributed by atoms with E-state index in [0.29, 0.717) is 10.9 Å². The van der Waals surface area contributed by atoms with Gasteiger partial charge in [-0.3, -0.25) is 9.78 Å². The fraction of sp³-hybridized carbons (Fsp3) is 0. The molecule has 0 aliphatic heterocycles. The first-order valence-electron chi connectivity index (χ1n) is 5.96. The number of aromatic carboxylic acids is 1. The molecule has 0 aliphatic rings. The minimum atomic E-state index is -1.12. The largest absolute Gasteiger partial charge is 0.478 e. The molecule has 2 aromatic heterocycles. The number of nitrogens with zero attached hydrogens (tertiary/aromatic N) is 1. The number of H-pyrrole nitrogens is 1. The molecule has 2 heterocycles. The summed E-state index contributed by atoms with van der Waals surface area (Å²) in [6, 6.07) is 7.93. The molecule has 0 unspecified atom stereocenters. The van der Waals surface area contributed by atoms with Crippen LogP contribution in [0.5, 0.6) is 0 Å². The highest BCUT2D eigenvalue weighted by atomic mass is 16.4. The van der Waals surface area contributed by atoms with E-state index < -0.39 is 5.97 Å². The van der Waals surface area contributed by atoms with Crippen molar-refractivity contribution in [3.63, 3.8) is 0 Å². The molecular weight excluding hydrogens is 256 g/mol. The third-order valence-corrected chi connectivity index (χ3v) is 3.13. The molecule has 3 aromatic rings. The first-order valence-corrected chi connectivity index (χ1v) is 5.96. The Kier molecular flexibility index (Phi) is 2.80. The van der Waals surface area contributed by atoms with Gasteiger partial charge >= 0.3 is 5.97 Å². The van der Waals surface area contributed by atoms with Gasteiger partial charge in [0.15, 0.2) is 5.78 Å². The first-order chi connectivity index (χ1) is 9.68. The molecule has 0 fully saturated rings. The number of carboxylic acid groups (broad SMARTS) is 1. The maximum absolute atomic E-state index is 12.5. The van der Waals surface area contributed by atoms with E-state index in [-0.39, 0.29) is 16.9 Å². The SMILES string of the molecule is O=C(O)c1ccccc1C(=O)c1c[nH]c2ccncc12. The third-order valence-electron chi connectivity index (χ3n) is 3.13. The second-order valence-corrected chi connectivity index (χ2v) is 4.30. The van der Waals surface area contributed by atoms with Crippen molar-refractivity contribution in [2.75, 3.05) is 0 Å². The van der Waals surface area contributed by atoms with Gasteiger partial charge in [-0.1, -0.05) is 18.2 Å². The van der Waals surface area contributed by atoms with E-state index >= 15 is 0 Å². The van der Waals surface area contributed by atoms with E-state index in [9.17, 15) is 9.59 Å². The Bertz CT molecular complexity index is 821. The van der Waals surface area contributed by atoms with Crippen molar-refractivity contribution < 1.29 is 14.7 Å². The summed E-state index contributed by atoms with van der Waals surface area (Å²) in [5.74, 6) is -1.45. The van der Waals surface area contributed by atoms with Crippen LogP contribution in [-0.2, 0) is 0 Å². The van der Waals surface area contributed by atoms with Crippen molar-refractivity contribution in [1.82, 2.24) is 9.97 Å². The minimum Gasteiger partial charge on any atom is -0.478 e. The normalized spacial score (nSPS) is 10.6. The number of hydrogen-bond donors (Lipinski definition) is 2. The van der Waals surface area contributed by atoms with E-state index in [2.05, 4.69) is 9.97 Å². The summed E-state index contributed by atoms with van der Waals surface area (Å²) in [6.07, 6.45) is 4.79. The highest BCUT2D eigenvalue weighted by Gasteiger charge is 2.19. The van der Waals surface area contributed by atoms with Crippen molar-refractivity contribution in [2.24, 2.45) is 0 Å². The molecule has 98 valence electrons. The molecule has 5 nitrogen and oxygen atoms in total. The van der Waals surface area contributed by atoms with Gasteiger partial charge in [0.05, 0.1) is 5.56 Å². The summed E-state index contributed by atoms with van der Waals surface area (Å²) in [4.78, 5) is 30.7. The lowest BCUT2D eigenvalue weighted by Crippen LogP contribution is -2.09. The average molecular weight is 266 g/mol. The van der Waals surface area contributed by atoms with Crippen molar-refractivity contribution in [3.8, 4) is 0 Å². The fourth-order valence-electron chi connectivity index (χ4n) is 2.16. The lowest BCUT2D eigenvalue weighted by molar-refractivity contribution is 0.0693. The zero-order valence-corrected chi connectivity index (χ0v) is 10.3. The van der Waals surface area contributed by atoms with Crippen molar-refractivity contribution >= 4 is 22.7 Å². The molecular formula is C15H10N2O3. The van der Waals surface area contributed by atoms with Crippen LogP contribution in [0.15, 0.2) is 48.9 Å². The van der Waals surface area contributed by atoms with Crippen molar-refractivity contribution in [3.05, 3.63) is 65.6 Å². The quantitative estimate of drug-likeness (QED) is 0.713. The van der Waals surface area contributed by atoms with Crippen molar-refractivity contribution in [2.45, 2.75) is 0 Å². The molecule has 0 bridgehead atoms. The number of pyridine rings is 1. The minimum absolute atomic E-state index is 0.00394. The number of rotatable bonds is 3. The summed E-state index contributed by atoms with van der Waals surface area (Å²) < 4.78 is 0. The highest BCUT2D eigenvalue weighted by molar-refractivity contribution is 6.19. The predicted molar refractivity (Wildman–Crippen MR) is 72.9 cm³/mol. The Labute approximate surface area is 113 Å². The van der Waals surface area contributed by atoms with Gasteiger partial charge in [-0.15, -0.1) is 0 Å². The second kappa shape index (κ2) is 4.62. The van der Waals surface area contributed by atoms with E-state index in [1.54, 1.807) is 36.8 Å². The zero-order chi connectivity index (χ0) is 14.1. The number of carboxylic acids is 1. The van der Waals surface area contributed by atoms with Gasteiger partial charge in [0.1, 0.15) is 0 Å². The molecule has 0 radical (unpaired) electrons. The van der Waals surface area contributed by atoms with E-state index in [1.165, 1.54) is 12.1 Å². The van der Waals surface area contributed by atoms with Crippen LogP contribution in [0.4, 0.5) is 0 Å². The Hall–Kier alpha value is -2.95. The summed E-state index contributed by atoms with van der Waals surface area (Å²) in [5.41, 5.74) is 1.37. The maximum Gasteiger partial charge on any atom is 0.336 e. The topological polar surface area (TPSA) is 83.0 Å². The average Bonchev–Trinajstić information content (AvgIpc) is 2.90. The Morgan fingerprint density at radius 1 is 1.05 bits per heavy atom. The molecule has 1 aromatic carbocycles. The summed E-state index contributed by atoms with van der Waals surface area (Å²) >= 11 is 0. The van der Waals surface area contributed by atoms with Gasteiger partial charge in [-0.2, -0.15) is 0 Å². The molecule has 5 heteroatoms. The lowest BCUT2D eigenvalue weighted by Gasteiger charge is -2.03. The van der Waals surface area contributed by atoms with Crippen LogP contribution in [-0.4, -0.2) is 26.8 Å². The standard InChI is InChI=1S/C15H10N2O3/c18-14(9-3-1-2-4-10(9)15(19)20)12-8-17-13-5-6-16-7-11(12)13/h1-8,17H,(H,19,20). The Balaban J connectivity index is 2.16. The summed E-state index contributed by atoms with van der Waals surface area (Å²) in [5, 5.41) is 9.83. The Morgan fingerprint density at radius 3 is 2.55 bits per heavy atom. The molecule has 0 saturated heterocycles. The molecule has 0 aliphatic carbocycles. The lowest BCUT2D eigenvalue weighted by atomic mass is 9.98.